The zero-order valence-corrected chi connectivity index (χ0v) is 24.6. The van der Waals surface area contributed by atoms with E-state index in [1.165, 1.54) is 43.3 Å². The molecule has 236 valence electrons. The van der Waals surface area contributed by atoms with Crippen LogP contribution in [-0.4, -0.2) is 40.3 Å². The highest BCUT2D eigenvalue weighted by Gasteiger charge is 2.48. The number of amides is 1. The Morgan fingerprint density at radius 3 is 2.57 bits per heavy atom. The third-order valence-electron chi connectivity index (χ3n) is 7.97. The van der Waals surface area contributed by atoms with Gasteiger partial charge in [-0.2, -0.15) is 13.2 Å². The van der Waals surface area contributed by atoms with Crippen LogP contribution in [0.2, 0.25) is 0 Å². The number of rotatable bonds is 5. The fraction of sp³-hybridized carbons (Fsp3) is 0.242. The molecule has 1 amide bonds. The molecule has 0 fully saturated rings. The molecule has 0 N–H and O–H groups in total. The number of furan rings is 1. The number of hydrogen-bond acceptors (Lipinski definition) is 7. The second-order valence-electron chi connectivity index (χ2n) is 11.1. The standard InChI is InChI=1S/C33H25F4N3O6/c1-16-7-12-27(44-16)31-38-23-11-8-19(34)13-25(23)40(31)24-6-4-5-21-26(15-43-30(21)24)39(32(42)33(35,36)37)20-9-10-22-28(14-20)45-17(2)29(22)46-18(3)41/h4-14,17,26,29H,15H2,1-3H3/t17?,26-,29-/m1/s1. The first kappa shape index (κ1) is 29.4. The third-order valence-corrected chi connectivity index (χ3v) is 7.97. The summed E-state index contributed by atoms with van der Waals surface area (Å²) < 4.78 is 81.6. The lowest BCUT2D eigenvalue weighted by Gasteiger charge is -2.29. The van der Waals surface area contributed by atoms with Crippen LogP contribution in [0.1, 0.15) is 42.9 Å². The van der Waals surface area contributed by atoms with Crippen LogP contribution in [0.15, 0.2) is 71.1 Å². The van der Waals surface area contributed by atoms with Gasteiger partial charge in [-0.15, -0.1) is 0 Å². The molecule has 0 aliphatic carbocycles. The number of para-hydroxylation sites is 1. The Morgan fingerprint density at radius 2 is 1.85 bits per heavy atom. The van der Waals surface area contributed by atoms with Crippen LogP contribution in [0.25, 0.3) is 28.3 Å². The van der Waals surface area contributed by atoms with Crippen molar-refractivity contribution in [2.45, 2.75) is 45.2 Å². The van der Waals surface area contributed by atoms with Gasteiger partial charge in [0.15, 0.2) is 17.7 Å². The van der Waals surface area contributed by atoms with Crippen LogP contribution >= 0.6 is 0 Å². The Morgan fingerprint density at radius 1 is 1.04 bits per heavy atom. The fourth-order valence-electron chi connectivity index (χ4n) is 6.05. The number of halogens is 4. The Kier molecular flexibility index (Phi) is 6.80. The summed E-state index contributed by atoms with van der Waals surface area (Å²) in [4.78, 5) is 30.0. The quantitative estimate of drug-likeness (QED) is 0.150. The summed E-state index contributed by atoms with van der Waals surface area (Å²) in [5, 5.41) is 0. The molecule has 2 aliphatic rings. The summed E-state index contributed by atoms with van der Waals surface area (Å²) in [6, 6.07) is 15.4. The largest absolute Gasteiger partial charge is 0.488 e. The first-order valence-corrected chi connectivity index (χ1v) is 14.3. The number of aryl methyl sites for hydroxylation is 1. The zero-order chi connectivity index (χ0) is 32.5. The first-order chi connectivity index (χ1) is 21.9. The van der Waals surface area contributed by atoms with Crippen LogP contribution < -0.4 is 14.4 Å². The maximum Gasteiger partial charge on any atom is 0.471 e. The lowest BCUT2D eigenvalue weighted by Crippen LogP contribution is -2.44. The van der Waals surface area contributed by atoms with Crippen molar-refractivity contribution in [1.29, 1.82) is 0 Å². The van der Waals surface area contributed by atoms with Crippen LogP contribution in [0.5, 0.6) is 11.5 Å². The van der Waals surface area contributed by atoms with Gasteiger partial charge in [0.25, 0.3) is 0 Å². The molecule has 46 heavy (non-hydrogen) atoms. The number of esters is 1. The van der Waals surface area contributed by atoms with Crippen LogP contribution in [0.4, 0.5) is 23.2 Å². The number of carbonyl (C=O) groups excluding carboxylic acids is 2. The normalized spacial score (nSPS) is 18.5. The summed E-state index contributed by atoms with van der Waals surface area (Å²) in [7, 11) is 0. The summed E-state index contributed by atoms with van der Waals surface area (Å²) in [6.07, 6.45) is -6.58. The molecular formula is C33H25F4N3O6. The van der Waals surface area contributed by atoms with Crippen molar-refractivity contribution in [3.63, 3.8) is 0 Å². The number of benzene rings is 3. The Hall–Kier alpha value is -5.33. The number of aromatic nitrogens is 2. The van der Waals surface area contributed by atoms with Gasteiger partial charge in [0.05, 0.1) is 22.8 Å². The minimum Gasteiger partial charge on any atom is -0.488 e. The molecule has 1 unspecified atom stereocenters. The number of hydrogen-bond donors (Lipinski definition) is 0. The summed E-state index contributed by atoms with van der Waals surface area (Å²) in [5.41, 5.74) is 1.86. The Labute approximate surface area is 258 Å². The number of anilines is 1. The van der Waals surface area contributed by atoms with E-state index in [9.17, 15) is 27.2 Å². The van der Waals surface area contributed by atoms with Gasteiger partial charge in [0.2, 0.25) is 0 Å². The number of nitrogens with zero attached hydrogens (tertiary/aromatic N) is 3. The highest BCUT2D eigenvalue weighted by molar-refractivity contribution is 5.98. The number of imidazole rings is 1. The van der Waals surface area contributed by atoms with Crippen molar-refractivity contribution in [2.24, 2.45) is 0 Å². The maximum absolute atomic E-state index is 14.5. The second kappa shape index (κ2) is 10.6. The van der Waals surface area contributed by atoms with E-state index in [2.05, 4.69) is 4.98 Å². The van der Waals surface area contributed by atoms with Gasteiger partial charge in [-0.05, 0) is 56.3 Å². The lowest BCUT2D eigenvalue weighted by atomic mass is 10.0. The molecule has 0 bridgehead atoms. The number of ether oxygens (including phenoxy) is 3. The van der Waals surface area contributed by atoms with E-state index in [1.54, 1.807) is 48.7 Å². The van der Waals surface area contributed by atoms with Crippen LogP contribution in [0, 0.1) is 12.7 Å². The molecule has 3 aromatic carbocycles. The van der Waals surface area contributed by atoms with Crippen LogP contribution in [0.3, 0.4) is 0 Å². The molecule has 3 atom stereocenters. The second-order valence-corrected chi connectivity index (χ2v) is 11.1. The number of carbonyl (C=O) groups is 2. The summed E-state index contributed by atoms with van der Waals surface area (Å²) in [5.74, 6) is -1.46. The van der Waals surface area contributed by atoms with E-state index >= 15 is 0 Å². The van der Waals surface area contributed by atoms with Gasteiger partial charge in [0, 0.05) is 35.9 Å². The molecule has 2 aromatic heterocycles. The summed E-state index contributed by atoms with van der Waals surface area (Å²) >= 11 is 0. The molecule has 0 spiro atoms. The van der Waals surface area contributed by atoms with Crippen molar-refractivity contribution in [1.82, 2.24) is 9.55 Å². The minimum atomic E-state index is -5.23. The molecule has 2 aliphatic heterocycles. The van der Waals surface area contributed by atoms with Gasteiger partial charge in [0.1, 0.15) is 35.8 Å². The van der Waals surface area contributed by atoms with Crippen molar-refractivity contribution in [3.8, 4) is 28.8 Å². The number of fused-ring (bicyclic) bond motifs is 3. The highest BCUT2D eigenvalue weighted by atomic mass is 19.4. The molecular weight excluding hydrogens is 610 g/mol. The predicted octanol–water partition coefficient (Wildman–Crippen LogP) is 7.15. The van der Waals surface area contributed by atoms with Gasteiger partial charge < -0.3 is 18.6 Å². The first-order valence-electron chi connectivity index (χ1n) is 14.3. The molecule has 0 saturated heterocycles. The van der Waals surface area contributed by atoms with Crippen molar-refractivity contribution in [2.75, 3.05) is 11.5 Å². The SMILES string of the molecule is CC(=O)O[C@H]1c2ccc(N(C(=O)C(F)(F)F)[C@@H]3COc4c3cccc4-n3c(-c4ccc(C)o4)nc4ccc(F)cc43)cc2OC1C. The monoisotopic (exact) mass is 635 g/mol. The Bertz CT molecular complexity index is 2030. The zero-order valence-electron chi connectivity index (χ0n) is 24.6. The van der Waals surface area contributed by atoms with E-state index in [0.29, 0.717) is 50.1 Å². The van der Waals surface area contributed by atoms with E-state index in [4.69, 9.17) is 18.6 Å². The van der Waals surface area contributed by atoms with E-state index < -0.39 is 42.1 Å². The maximum atomic E-state index is 14.5. The minimum absolute atomic E-state index is 0.0921. The van der Waals surface area contributed by atoms with Gasteiger partial charge in [-0.25, -0.2) is 9.37 Å². The molecule has 0 radical (unpaired) electrons. The average molecular weight is 636 g/mol. The fourth-order valence-corrected chi connectivity index (χ4v) is 6.05. The van der Waals surface area contributed by atoms with Gasteiger partial charge >= 0.3 is 18.1 Å². The van der Waals surface area contributed by atoms with Crippen molar-refractivity contribution in [3.05, 3.63) is 89.4 Å². The highest BCUT2D eigenvalue weighted by Crippen LogP contribution is 2.47. The van der Waals surface area contributed by atoms with Crippen molar-refractivity contribution < 1.29 is 45.8 Å². The lowest BCUT2D eigenvalue weighted by molar-refractivity contribution is -0.171. The Balaban J connectivity index is 1.36. The number of alkyl halides is 3. The van der Waals surface area contributed by atoms with E-state index in [1.807, 2.05) is 0 Å². The average Bonchev–Trinajstić information content (AvgIpc) is 3.77. The third kappa shape index (κ3) is 4.82. The molecule has 5 aromatic rings. The van der Waals surface area contributed by atoms with Crippen molar-refractivity contribution >= 4 is 28.6 Å². The molecule has 4 heterocycles. The van der Waals surface area contributed by atoms with Gasteiger partial charge in [-0.3, -0.25) is 19.1 Å². The molecule has 7 rings (SSSR count). The smallest absolute Gasteiger partial charge is 0.471 e. The molecule has 13 heteroatoms. The molecule has 0 saturated carbocycles. The van der Waals surface area contributed by atoms with Crippen LogP contribution in [-0.2, 0) is 14.3 Å². The summed E-state index contributed by atoms with van der Waals surface area (Å²) in [6.45, 7) is 4.36. The topological polar surface area (TPSA) is 96.0 Å². The molecule has 9 nitrogen and oxygen atoms in total. The van der Waals surface area contributed by atoms with E-state index in [-0.39, 0.29) is 23.8 Å². The predicted molar refractivity (Wildman–Crippen MR) is 156 cm³/mol. The van der Waals surface area contributed by atoms with Gasteiger partial charge in [-0.1, -0.05) is 12.1 Å². The van der Waals surface area contributed by atoms with E-state index in [0.717, 1.165) is 0 Å².